The van der Waals surface area contributed by atoms with E-state index in [1.165, 1.54) is 5.69 Å². The van der Waals surface area contributed by atoms with Gasteiger partial charge in [-0.2, -0.15) is 0 Å². The van der Waals surface area contributed by atoms with Crippen LogP contribution in [0.3, 0.4) is 0 Å². The fraction of sp³-hybridized carbons (Fsp3) is 0.560. The van der Waals surface area contributed by atoms with Gasteiger partial charge in [-0.25, -0.2) is 0 Å². The molecule has 31 heavy (non-hydrogen) atoms. The first-order valence-electron chi connectivity index (χ1n) is 11.4. The first kappa shape index (κ1) is 21.8. The molecule has 0 unspecified atom stereocenters. The number of methoxy groups -OCH3 is 1. The van der Waals surface area contributed by atoms with Gasteiger partial charge in [0.25, 0.3) is 0 Å². The van der Waals surface area contributed by atoms with E-state index in [2.05, 4.69) is 41.6 Å². The molecule has 0 aliphatic carbocycles. The molecule has 0 N–H and O–H groups in total. The Bertz CT molecular complexity index is 907. The van der Waals surface area contributed by atoms with Gasteiger partial charge >= 0.3 is 0 Å². The van der Waals surface area contributed by atoms with Crippen molar-refractivity contribution in [1.82, 2.24) is 14.4 Å². The van der Waals surface area contributed by atoms with Gasteiger partial charge in [-0.3, -0.25) is 9.69 Å². The van der Waals surface area contributed by atoms with Crippen molar-refractivity contribution in [3.8, 4) is 11.5 Å². The topological polar surface area (TPSA) is 46.9 Å². The Hall–Kier alpha value is -2.47. The Morgan fingerprint density at radius 2 is 2.10 bits per heavy atom. The normalized spacial score (nSPS) is 22.0. The summed E-state index contributed by atoms with van der Waals surface area (Å²) < 4.78 is 14.3. The molecule has 4 rings (SSSR count). The molecule has 0 bridgehead atoms. The summed E-state index contributed by atoms with van der Waals surface area (Å²) >= 11 is 0. The second-order valence-electron chi connectivity index (χ2n) is 9.17. The van der Waals surface area contributed by atoms with Crippen LogP contribution in [0.1, 0.15) is 50.9 Å². The first-order chi connectivity index (χ1) is 14.9. The van der Waals surface area contributed by atoms with Gasteiger partial charge in [-0.15, -0.1) is 0 Å². The zero-order valence-corrected chi connectivity index (χ0v) is 19.2. The summed E-state index contributed by atoms with van der Waals surface area (Å²) in [4.78, 5) is 16.8. The lowest BCUT2D eigenvalue weighted by Crippen LogP contribution is -2.46. The van der Waals surface area contributed by atoms with Gasteiger partial charge in [-0.05, 0) is 63.6 Å². The molecule has 1 saturated heterocycles. The van der Waals surface area contributed by atoms with Crippen molar-refractivity contribution in [2.24, 2.45) is 5.92 Å². The number of likely N-dealkylation sites (tertiary alicyclic amines) is 1. The van der Waals surface area contributed by atoms with Crippen molar-refractivity contribution in [1.29, 1.82) is 0 Å². The Morgan fingerprint density at radius 1 is 1.26 bits per heavy atom. The van der Waals surface area contributed by atoms with E-state index in [0.717, 1.165) is 49.5 Å². The maximum absolute atomic E-state index is 12.3. The van der Waals surface area contributed by atoms with Gasteiger partial charge in [0, 0.05) is 56.0 Å². The molecule has 6 heteroatoms. The highest BCUT2D eigenvalue weighted by Crippen LogP contribution is 2.33. The Labute approximate surface area is 185 Å². The van der Waals surface area contributed by atoms with Crippen LogP contribution >= 0.6 is 0 Å². The molecule has 1 aromatic carbocycles. The van der Waals surface area contributed by atoms with Crippen molar-refractivity contribution in [3.63, 3.8) is 0 Å². The van der Waals surface area contributed by atoms with Gasteiger partial charge in [0.05, 0.1) is 13.7 Å². The van der Waals surface area contributed by atoms with E-state index in [4.69, 9.17) is 9.47 Å². The number of fused-ring (bicyclic) bond motifs is 1. The zero-order chi connectivity index (χ0) is 22.0. The number of carbonyl (C=O) groups is 1. The van der Waals surface area contributed by atoms with Crippen molar-refractivity contribution in [2.75, 3.05) is 26.7 Å². The number of nitrogens with zero attached hydrogens (tertiary/aromatic N) is 3. The summed E-state index contributed by atoms with van der Waals surface area (Å²) in [5.41, 5.74) is 2.37. The lowest BCUT2D eigenvalue weighted by molar-refractivity contribution is -0.130. The molecule has 2 aliphatic rings. The van der Waals surface area contributed by atoms with Crippen LogP contribution in [0.4, 0.5) is 0 Å². The quantitative estimate of drug-likeness (QED) is 0.724. The number of carbonyl (C=O) groups excluding carboxylic acids is 1. The van der Waals surface area contributed by atoms with Crippen molar-refractivity contribution < 1.29 is 14.3 Å². The molecule has 2 atom stereocenters. The third-order valence-electron chi connectivity index (χ3n) is 6.63. The number of rotatable bonds is 5. The lowest BCUT2D eigenvalue weighted by atomic mass is 9.91. The predicted molar refractivity (Wildman–Crippen MR) is 121 cm³/mol. The molecule has 168 valence electrons. The summed E-state index contributed by atoms with van der Waals surface area (Å²) in [7, 11) is 1.66. The number of ether oxygens (including phenoxy) is 2. The Kier molecular flexibility index (Phi) is 6.56. The standard InChI is InChI=1S/C25H35N3O3/c1-18(2)28-12-6-8-22(28)16-26-11-5-7-20(14-26)25-17-27(19(3)29)15-21-13-23(30-4)9-10-24(21)31-25/h6,8-10,12-13,18,20,25H,5,7,11,14-17H2,1-4H3/t20-,25+/m0/s1. The van der Waals surface area contributed by atoms with Crippen LogP contribution in [0.5, 0.6) is 11.5 Å². The highest BCUT2D eigenvalue weighted by molar-refractivity contribution is 5.73. The van der Waals surface area contributed by atoms with E-state index in [1.807, 2.05) is 23.1 Å². The van der Waals surface area contributed by atoms with E-state index < -0.39 is 0 Å². The van der Waals surface area contributed by atoms with Crippen LogP contribution in [0.15, 0.2) is 36.5 Å². The van der Waals surface area contributed by atoms with Crippen LogP contribution in [0, 0.1) is 5.92 Å². The molecule has 0 radical (unpaired) electrons. The molecule has 6 nitrogen and oxygen atoms in total. The van der Waals surface area contributed by atoms with Crippen molar-refractivity contribution >= 4 is 5.91 Å². The second-order valence-corrected chi connectivity index (χ2v) is 9.17. The number of amides is 1. The van der Waals surface area contributed by atoms with Crippen molar-refractivity contribution in [2.45, 2.75) is 58.8 Å². The third kappa shape index (κ3) is 4.90. The highest BCUT2D eigenvalue weighted by Gasteiger charge is 2.34. The van der Waals surface area contributed by atoms with Gasteiger partial charge in [-0.1, -0.05) is 0 Å². The number of hydrogen-bond donors (Lipinski definition) is 0. The summed E-state index contributed by atoms with van der Waals surface area (Å²) in [6, 6.07) is 10.7. The molecule has 2 aromatic rings. The molecule has 0 saturated carbocycles. The second kappa shape index (κ2) is 9.35. The summed E-state index contributed by atoms with van der Waals surface area (Å²) in [6.45, 7) is 10.4. The van der Waals surface area contributed by atoms with Gasteiger partial charge in [0.1, 0.15) is 17.6 Å². The molecular formula is C25H35N3O3. The van der Waals surface area contributed by atoms with Gasteiger partial charge in [0.2, 0.25) is 5.91 Å². The van der Waals surface area contributed by atoms with E-state index >= 15 is 0 Å². The fourth-order valence-corrected chi connectivity index (χ4v) is 4.93. The highest BCUT2D eigenvalue weighted by atomic mass is 16.5. The monoisotopic (exact) mass is 425 g/mol. The number of piperidine rings is 1. The molecular weight excluding hydrogens is 390 g/mol. The SMILES string of the molecule is COc1ccc2c(c1)CN(C(C)=O)C[C@H]([C@H]1CCCN(Cc3cccn3C(C)C)C1)O2. The molecule has 1 amide bonds. The van der Waals surface area contributed by atoms with Crippen LogP contribution in [-0.4, -0.2) is 53.1 Å². The smallest absolute Gasteiger partial charge is 0.219 e. The fourth-order valence-electron chi connectivity index (χ4n) is 4.93. The molecule has 2 aliphatic heterocycles. The Morgan fingerprint density at radius 3 is 2.84 bits per heavy atom. The lowest BCUT2D eigenvalue weighted by Gasteiger charge is -2.37. The Balaban J connectivity index is 1.51. The van der Waals surface area contributed by atoms with E-state index in [9.17, 15) is 4.79 Å². The largest absolute Gasteiger partial charge is 0.497 e. The van der Waals surface area contributed by atoms with Crippen LogP contribution in [-0.2, 0) is 17.9 Å². The molecule has 1 aromatic heterocycles. The van der Waals surface area contributed by atoms with E-state index in [0.29, 0.717) is 25.0 Å². The molecule has 1 fully saturated rings. The van der Waals surface area contributed by atoms with Gasteiger partial charge in [0.15, 0.2) is 0 Å². The van der Waals surface area contributed by atoms with Crippen molar-refractivity contribution in [3.05, 3.63) is 47.8 Å². The molecule has 3 heterocycles. The zero-order valence-electron chi connectivity index (χ0n) is 19.2. The summed E-state index contributed by atoms with van der Waals surface area (Å²) in [5.74, 6) is 2.15. The summed E-state index contributed by atoms with van der Waals surface area (Å²) in [5, 5.41) is 0. The maximum atomic E-state index is 12.3. The summed E-state index contributed by atoms with van der Waals surface area (Å²) in [6.07, 6.45) is 4.45. The van der Waals surface area contributed by atoms with Crippen LogP contribution in [0.2, 0.25) is 0 Å². The van der Waals surface area contributed by atoms with E-state index in [1.54, 1.807) is 14.0 Å². The van der Waals surface area contributed by atoms with Gasteiger partial charge < -0.3 is 18.9 Å². The first-order valence-corrected chi connectivity index (χ1v) is 11.4. The molecule has 0 spiro atoms. The van der Waals surface area contributed by atoms with E-state index in [-0.39, 0.29) is 12.0 Å². The third-order valence-corrected chi connectivity index (χ3v) is 6.63. The number of hydrogen-bond acceptors (Lipinski definition) is 4. The average molecular weight is 426 g/mol. The average Bonchev–Trinajstić information content (AvgIpc) is 3.12. The minimum Gasteiger partial charge on any atom is -0.497 e. The number of aromatic nitrogens is 1. The van der Waals surface area contributed by atoms with Crippen LogP contribution in [0.25, 0.3) is 0 Å². The minimum atomic E-state index is -0.00164. The van der Waals surface area contributed by atoms with Crippen LogP contribution < -0.4 is 9.47 Å². The predicted octanol–water partition coefficient (Wildman–Crippen LogP) is 4.10. The number of benzene rings is 1. The maximum Gasteiger partial charge on any atom is 0.219 e. The minimum absolute atomic E-state index is 0.00164.